The van der Waals surface area contributed by atoms with Crippen molar-refractivity contribution < 1.29 is 13.6 Å². The average molecular weight is 244 g/mol. The molecule has 2 aromatic rings. The highest BCUT2D eigenvalue weighted by atomic mass is 16.3. The third-order valence-electron chi connectivity index (χ3n) is 2.09. The molecule has 1 amide bonds. The normalized spacial score (nSPS) is 11.9. The molecule has 0 unspecified atom stereocenters. The molecule has 0 radical (unpaired) electrons. The summed E-state index contributed by atoms with van der Waals surface area (Å²) in [6.45, 7) is 1.85. The van der Waals surface area contributed by atoms with Gasteiger partial charge in [0.15, 0.2) is 5.76 Å². The Hall–Kier alpha value is -2.56. The number of nitrogens with one attached hydrogen (secondary N) is 1. The van der Waals surface area contributed by atoms with Gasteiger partial charge in [-0.25, -0.2) is 5.43 Å². The van der Waals surface area contributed by atoms with Crippen molar-refractivity contribution in [3.8, 4) is 0 Å². The van der Waals surface area contributed by atoms with E-state index in [2.05, 4.69) is 10.5 Å². The van der Waals surface area contributed by atoms with Gasteiger partial charge in [0, 0.05) is 0 Å². The van der Waals surface area contributed by atoms with Crippen molar-refractivity contribution in [3.05, 3.63) is 53.9 Å². The van der Waals surface area contributed by atoms with Crippen molar-refractivity contribution >= 4 is 18.2 Å². The van der Waals surface area contributed by atoms with Crippen molar-refractivity contribution in [3.63, 3.8) is 0 Å². The van der Waals surface area contributed by atoms with Crippen LogP contribution in [0.2, 0.25) is 0 Å². The van der Waals surface area contributed by atoms with Crippen LogP contribution in [0, 0.1) is 0 Å². The number of hydrogen-bond donors (Lipinski definition) is 1. The van der Waals surface area contributed by atoms with Crippen LogP contribution in [0.1, 0.15) is 23.2 Å². The van der Waals surface area contributed by atoms with Crippen LogP contribution in [0.25, 0.3) is 6.08 Å². The van der Waals surface area contributed by atoms with Crippen LogP contribution >= 0.6 is 0 Å². The molecule has 0 atom stereocenters. The van der Waals surface area contributed by atoms with Crippen molar-refractivity contribution in [2.24, 2.45) is 5.10 Å². The first-order valence-electron chi connectivity index (χ1n) is 5.34. The molecule has 0 saturated carbocycles. The molecule has 0 aliphatic heterocycles. The number of hydrogen-bond acceptors (Lipinski definition) is 4. The number of hydrazone groups is 1. The summed E-state index contributed by atoms with van der Waals surface area (Å²) < 4.78 is 10.1. The predicted molar refractivity (Wildman–Crippen MR) is 67.0 cm³/mol. The summed E-state index contributed by atoms with van der Waals surface area (Å²) in [5, 5.41) is 3.81. The molecule has 0 aliphatic carbocycles. The fraction of sp³-hybridized carbons (Fsp3) is 0.0769. The van der Waals surface area contributed by atoms with Crippen LogP contribution in [0.3, 0.4) is 0 Å². The number of nitrogens with zero attached hydrogens (tertiary/aromatic N) is 1. The maximum atomic E-state index is 11.4. The Labute approximate surface area is 104 Å². The molecule has 0 spiro atoms. The van der Waals surface area contributed by atoms with E-state index in [9.17, 15) is 4.79 Å². The lowest BCUT2D eigenvalue weighted by atomic mass is 10.3. The molecular weight excluding hydrogens is 232 g/mol. The Bertz CT molecular complexity index is 551. The first-order chi connectivity index (χ1) is 8.75. The summed E-state index contributed by atoms with van der Waals surface area (Å²) in [6, 6.07) is 6.84. The van der Waals surface area contributed by atoms with Crippen LogP contribution in [-0.4, -0.2) is 12.1 Å². The highest BCUT2D eigenvalue weighted by Gasteiger charge is 2.05. The minimum Gasteiger partial charge on any atom is -0.465 e. The first-order valence-corrected chi connectivity index (χ1v) is 5.34. The molecule has 0 bridgehead atoms. The summed E-state index contributed by atoms with van der Waals surface area (Å²) in [5.41, 5.74) is 3.21. The highest BCUT2D eigenvalue weighted by Crippen LogP contribution is 2.05. The van der Waals surface area contributed by atoms with E-state index in [0.717, 1.165) is 11.3 Å². The molecule has 0 aliphatic rings. The van der Waals surface area contributed by atoms with Crippen molar-refractivity contribution in [1.82, 2.24) is 5.43 Å². The third-order valence-corrected chi connectivity index (χ3v) is 2.09. The zero-order valence-electron chi connectivity index (χ0n) is 9.79. The summed E-state index contributed by atoms with van der Waals surface area (Å²) in [6.07, 6.45) is 6.36. The van der Waals surface area contributed by atoms with E-state index in [4.69, 9.17) is 8.83 Å². The van der Waals surface area contributed by atoms with Gasteiger partial charge in [-0.1, -0.05) is 0 Å². The highest BCUT2D eigenvalue weighted by molar-refractivity contribution is 5.92. The Morgan fingerprint density at radius 2 is 2.06 bits per heavy atom. The molecule has 5 nitrogen and oxygen atoms in total. The van der Waals surface area contributed by atoms with Gasteiger partial charge in [-0.15, -0.1) is 0 Å². The first kappa shape index (κ1) is 11.9. The number of rotatable bonds is 4. The van der Waals surface area contributed by atoms with E-state index in [1.807, 2.05) is 19.1 Å². The SMILES string of the molecule is CC(C=NNC(=O)c1ccco1)=Cc1ccco1. The van der Waals surface area contributed by atoms with Crippen LogP contribution in [0.15, 0.2) is 56.3 Å². The predicted octanol–water partition coefficient (Wildman–Crippen LogP) is 2.69. The van der Waals surface area contributed by atoms with E-state index in [1.54, 1.807) is 24.5 Å². The zero-order chi connectivity index (χ0) is 12.8. The minimum atomic E-state index is -0.387. The quantitative estimate of drug-likeness (QED) is 0.664. The molecule has 0 fully saturated rings. The molecule has 1 N–H and O–H groups in total. The maximum Gasteiger partial charge on any atom is 0.307 e. The van der Waals surface area contributed by atoms with Gasteiger partial charge in [0.25, 0.3) is 0 Å². The van der Waals surface area contributed by atoms with Gasteiger partial charge < -0.3 is 8.83 Å². The van der Waals surface area contributed by atoms with Crippen molar-refractivity contribution in [1.29, 1.82) is 0 Å². The Balaban J connectivity index is 1.90. The third kappa shape index (κ3) is 3.21. The molecule has 5 heteroatoms. The van der Waals surface area contributed by atoms with E-state index >= 15 is 0 Å². The molecule has 0 saturated heterocycles. The lowest BCUT2D eigenvalue weighted by Crippen LogP contribution is -2.16. The van der Waals surface area contributed by atoms with Crippen LogP contribution < -0.4 is 5.43 Å². The minimum absolute atomic E-state index is 0.222. The van der Waals surface area contributed by atoms with Gasteiger partial charge in [-0.3, -0.25) is 4.79 Å². The van der Waals surface area contributed by atoms with Gasteiger partial charge in [-0.2, -0.15) is 5.10 Å². The van der Waals surface area contributed by atoms with E-state index in [1.165, 1.54) is 12.5 Å². The smallest absolute Gasteiger partial charge is 0.307 e. The molecular formula is C13H12N2O3. The lowest BCUT2D eigenvalue weighted by molar-refractivity contribution is 0.0927. The van der Waals surface area contributed by atoms with Gasteiger partial charge in [-0.05, 0) is 42.8 Å². The zero-order valence-corrected chi connectivity index (χ0v) is 9.79. The molecule has 2 rings (SSSR count). The molecule has 92 valence electrons. The maximum absolute atomic E-state index is 11.4. The Morgan fingerprint density at radius 3 is 2.72 bits per heavy atom. The molecule has 0 aromatic carbocycles. The van der Waals surface area contributed by atoms with Crippen LogP contribution in [0.5, 0.6) is 0 Å². The number of carbonyl (C=O) groups excluding carboxylic acids is 1. The topological polar surface area (TPSA) is 67.7 Å². The van der Waals surface area contributed by atoms with E-state index in [-0.39, 0.29) is 11.7 Å². The standard InChI is InChI=1S/C13H12N2O3/c1-10(8-11-4-2-6-17-11)9-14-15-13(16)12-5-3-7-18-12/h2-9H,1H3,(H,15,16). The van der Waals surface area contributed by atoms with E-state index in [0.29, 0.717) is 0 Å². The van der Waals surface area contributed by atoms with Crippen LogP contribution in [0.4, 0.5) is 0 Å². The van der Waals surface area contributed by atoms with Crippen molar-refractivity contribution in [2.45, 2.75) is 6.92 Å². The van der Waals surface area contributed by atoms with Crippen LogP contribution in [-0.2, 0) is 0 Å². The molecule has 18 heavy (non-hydrogen) atoms. The summed E-state index contributed by atoms with van der Waals surface area (Å²) in [4.78, 5) is 11.4. The van der Waals surface area contributed by atoms with Crippen molar-refractivity contribution in [2.75, 3.05) is 0 Å². The molecule has 2 aromatic heterocycles. The second-order valence-corrected chi connectivity index (χ2v) is 3.58. The van der Waals surface area contributed by atoms with Gasteiger partial charge in [0.1, 0.15) is 5.76 Å². The fourth-order valence-electron chi connectivity index (χ4n) is 1.29. The van der Waals surface area contributed by atoms with Gasteiger partial charge in [0.05, 0.1) is 18.7 Å². The second kappa shape index (κ2) is 5.67. The fourth-order valence-corrected chi connectivity index (χ4v) is 1.29. The molecule has 2 heterocycles. The number of allylic oxidation sites excluding steroid dienone is 1. The average Bonchev–Trinajstić information content (AvgIpc) is 3.00. The largest absolute Gasteiger partial charge is 0.465 e. The monoisotopic (exact) mass is 244 g/mol. The Morgan fingerprint density at radius 1 is 1.28 bits per heavy atom. The summed E-state index contributed by atoms with van der Waals surface area (Å²) >= 11 is 0. The number of furan rings is 2. The number of carbonyl (C=O) groups is 1. The lowest BCUT2D eigenvalue weighted by Gasteiger charge is -1.95. The second-order valence-electron chi connectivity index (χ2n) is 3.58. The number of amides is 1. The van der Waals surface area contributed by atoms with E-state index < -0.39 is 0 Å². The summed E-state index contributed by atoms with van der Waals surface area (Å²) in [7, 11) is 0. The van der Waals surface area contributed by atoms with Gasteiger partial charge >= 0.3 is 5.91 Å². The Kier molecular flexibility index (Phi) is 3.76. The van der Waals surface area contributed by atoms with Gasteiger partial charge in [0.2, 0.25) is 0 Å². The summed E-state index contributed by atoms with van der Waals surface area (Å²) in [5.74, 6) is 0.568.